The Hall–Kier alpha value is -2.84. The average molecular weight is 368 g/mol. The lowest BCUT2D eigenvalue weighted by atomic mass is 10.2. The summed E-state index contributed by atoms with van der Waals surface area (Å²) in [6, 6.07) is 9.70. The molecule has 0 atom stereocenters. The molecular weight excluding hydrogens is 352 g/mol. The first kappa shape index (κ1) is 18.0. The highest BCUT2D eigenvalue weighted by Gasteiger charge is 2.24. The average Bonchev–Trinajstić information content (AvgIpc) is 2.67. The first-order valence-corrected chi connectivity index (χ1v) is 7.99. The Morgan fingerprint density at radius 1 is 0.962 bits per heavy atom. The van der Waals surface area contributed by atoms with E-state index in [0.717, 1.165) is 5.69 Å². The van der Waals surface area contributed by atoms with Gasteiger partial charge in [-0.05, 0) is 12.1 Å². The van der Waals surface area contributed by atoms with E-state index in [1.165, 1.54) is 4.90 Å². The van der Waals surface area contributed by atoms with Crippen molar-refractivity contribution >= 4 is 17.3 Å². The molecule has 138 valence electrons. The number of pyridine rings is 1. The molecule has 3 rings (SSSR count). The van der Waals surface area contributed by atoms with Gasteiger partial charge >= 0.3 is 0 Å². The van der Waals surface area contributed by atoms with Crippen molar-refractivity contribution in [1.82, 2.24) is 9.88 Å². The van der Waals surface area contributed by atoms with Crippen molar-refractivity contribution in [2.45, 2.75) is 0 Å². The third-order valence-electron chi connectivity index (χ3n) is 4.17. The number of aromatic nitrogens is 1. The molecule has 9 heteroatoms. The highest BCUT2D eigenvalue weighted by molar-refractivity contribution is 5.81. The number of hydrogen-bond acceptors (Lipinski definition) is 4. The minimum Gasteiger partial charge on any atom is -0.371 e. The molecule has 0 saturated carbocycles. The van der Waals surface area contributed by atoms with Crippen LogP contribution in [0.15, 0.2) is 30.3 Å². The van der Waals surface area contributed by atoms with E-state index in [1.807, 2.05) is 30.3 Å². The smallest absolute Gasteiger partial charge is 0.253 e. The maximum Gasteiger partial charge on any atom is 0.253 e. The van der Waals surface area contributed by atoms with Crippen molar-refractivity contribution in [1.29, 1.82) is 0 Å². The number of rotatable bonds is 4. The Balaban J connectivity index is 1.57. The lowest BCUT2D eigenvalue weighted by Crippen LogP contribution is -2.50. The van der Waals surface area contributed by atoms with E-state index < -0.39 is 41.7 Å². The Bertz CT molecular complexity index is 769. The Morgan fingerprint density at radius 2 is 1.54 bits per heavy atom. The summed E-state index contributed by atoms with van der Waals surface area (Å²) in [5, 5.41) is 2.13. The first-order chi connectivity index (χ1) is 12.5. The fourth-order valence-corrected chi connectivity index (χ4v) is 2.77. The standard InChI is InChI=1S/C17H16F4N4O/c18-13-15(14(19)17(21)23-16(13)20)22-10-12(26)25-8-6-24(7-9-25)11-4-2-1-3-5-11/h1-5H,6-10H2,(H,22,23). The lowest BCUT2D eigenvalue weighted by Gasteiger charge is -2.36. The molecule has 1 N–H and O–H groups in total. The van der Waals surface area contributed by atoms with Gasteiger partial charge in [0.15, 0.2) is 0 Å². The predicted molar refractivity (Wildman–Crippen MR) is 87.8 cm³/mol. The van der Waals surface area contributed by atoms with Crippen LogP contribution < -0.4 is 10.2 Å². The number of nitrogens with one attached hydrogen (secondary N) is 1. The van der Waals surface area contributed by atoms with Crippen molar-refractivity contribution in [3.63, 3.8) is 0 Å². The van der Waals surface area contributed by atoms with Crippen LogP contribution in [0.2, 0.25) is 0 Å². The molecule has 0 bridgehead atoms. The van der Waals surface area contributed by atoms with Gasteiger partial charge in [-0.25, -0.2) is 0 Å². The normalized spacial score (nSPS) is 14.5. The van der Waals surface area contributed by atoms with Gasteiger partial charge in [0.1, 0.15) is 5.69 Å². The summed E-state index contributed by atoms with van der Waals surface area (Å²) in [5.74, 6) is -7.28. The van der Waals surface area contributed by atoms with Gasteiger partial charge in [-0.2, -0.15) is 22.5 Å². The minimum absolute atomic E-state index is 0.422. The second-order valence-electron chi connectivity index (χ2n) is 5.75. The number of anilines is 2. The number of carbonyl (C=O) groups is 1. The molecule has 1 aromatic carbocycles. The fraction of sp³-hybridized carbons (Fsp3) is 0.294. The quantitative estimate of drug-likeness (QED) is 0.665. The summed E-state index contributed by atoms with van der Waals surface area (Å²) >= 11 is 0. The lowest BCUT2D eigenvalue weighted by molar-refractivity contribution is -0.129. The molecule has 1 saturated heterocycles. The molecule has 2 heterocycles. The van der Waals surface area contributed by atoms with Gasteiger partial charge in [0.25, 0.3) is 11.9 Å². The van der Waals surface area contributed by atoms with Crippen LogP contribution >= 0.6 is 0 Å². The van der Waals surface area contributed by atoms with Crippen molar-refractivity contribution in [2.75, 3.05) is 42.9 Å². The van der Waals surface area contributed by atoms with Gasteiger partial charge in [0, 0.05) is 31.9 Å². The van der Waals surface area contributed by atoms with Crippen molar-refractivity contribution in [3.8, 4) is 0 Å². The summed E-state index contributed by atoms with van der Waals surface area (Å²) in [6.45, 7) is 1.59. The van der Waals surface area contributed by atoms with Crippen molar-refractivity contribution in [2.24, 2.45) is 0 Å². The molecule has 26 heavy (non-hydrogen) atoms. The second-order valence-corrected chi connectivity index (χ2v) is 5.75. The molecule has 0 unspecified atom stereocenters. The van der Waals surface area contributed by atoms with Crippen LogP contribution in [-0.4, -0.2) is 48.5 Å². The zero-order chi connectivity index (χ0) is 18.7. The van der Waals surface area contributed by atoms with Crippen molar-refractivity contribution < 1.29 is 22.4 Å². The van der Waals surface area contributed by atoms with E-state index >= 15 is 0 Å². The second kappa shape index (κ2) is 7.59. The van der Waals surface area contributed by atoms with Crippen LogP contribution in [0.25, 0.3) is 0 Å². The van der Waals surface area contributed by atoms with E-state index in [-0.39, 0.29) is 0 Å². The van der Waals surface area contributed by atoms with Crippen LogP contribution in [0.4, 0.5) is 28.9 Å². The van der Waals surface area contributed by atoms with Gasteiger partial charge in [0.05, 0.1) is 6.54 Å². The molecule has 0 aliphatic carbocycles. The van der Waals surface area contributed by atoms with Crippen LogP contribution in [0.5, 0.6) is 0 Å². The number of hydrogen-bond donors (Lipinski definition) is 1. The van der Waals surface area contributed by atoms with Gasteiger partial charge in [-0.1, -0.05) is 18.2 Å². The summed E-state index contributed by atoms with van der Waals surface area (Å²) in [4.78, 5) is 18.3. The Kier molecular flexibility index (Phi) is 5.24. The number of carbonyl (C=O) groups excluding carboxylic acids is 1. The molecule has 1 aliphatic rings. The molecule has 1 amide bonds. The van der Waals surface area contributed by atoms with E-state index in [1.54, 1.807) is 0 Å². The number of para-hydroxylation sites is 1. The number of nitrogens with zero attached hydrogens (tertiary/aromatic N) is 3. The molecule has 1 aliphatic heterocycles. The minimum atomic E-state index is -1.77. The summed E-state index contributed by atoms with van der Waals surface area (Å²) < 4.78 is 53.2. The molecule has 1 aromatic heterocycles. The predicted octanol–water partition coefficient (Wildman–Crippen LogP) is 2.40. The van der Waals surface area contributed by atoms with E-state index in [4.69, 9.17) is 0 Å². The van der Waals surface area contributed by atoms with Crippen LogP contribution in [0.3, 0.4) is 0 Å². The number of benzene rings is 1. The van der Waals surface area contributed by atoms with Crippen LogP contribution in [0, 0.1) is 23.5 Å². The number of piperazine rings is 1. The third-order valence-corrected chi connectivity index (χ3v) is 4.17. The number of amides is 1. The van der Waals surface area contributed by atoms with E-state index in [0.29, 0.717) is 26.2 Å². The van der Waals surface area contributed by atoms with Gasteiger partial charge in [-0.15, -0.1) is 0 Å². The maximum atomic E-state index is 13.5. The molecule has 2 aromatic rings. The van der Waals surface area contributed by atoms with Crippen molar-refractivity contribution in [3.05, 3.63) is 53.9 Å². The van der Waals surface area contributed by atoms with E-state index in [9.17, 15) is 22.4 Å². The molecule has 0 spiro atoms. The summed E-state index contributed by atoms with van der Waals surface area (Å²) in [6.07, 6.45) is 0. The SMILES string of the molecule is O=C(CNc1c(F)c(F)nc(F)c1F)N1CCN(c2ccccc2)CC1. The molecule has 1 fully saturated rings. The maximum absolute atomic E-state index is 13.5. The van der Waals surface area contributed by atoms with Gasteiger partial charge < -0.3 is 15.1 Å². The van der Waals surface area contributed by atoms with Gasteiger partial charge in [-0.3, -0.25) is 4.79 Å². The highest BCUT2D eigenvalue weighted by Crippen LogP contribution is 2.22. The van der Waals surface area contributed by atoms with Crippen LogP contribution in [0.1, 0.15) is 0 Å². The van der Waals surface area contributed by atoms with Crippen LogP contribution in [-0.2, 0) is 4.79 Å². The third kappa shape index (κ3) is 3.71. The molecule has 5 nitrogen and oxygen atoms in total. The topological polar surface area (TPSA) is 48.5 Å². The monoisotopic (exact) mass is 368 g/mol. The highest BCUT2D eigenvalue weighted by atomic mass is 19.2. The first-order valence-electron chi connectivity index (χ1n) is 7.99. The zero-order valence-electron chi connectivity index (χ0n) is 13.7. The Morgan fingerprint density at radius 3 is 2.12 bits per heavy atom. The van der Waals surface area contributed by atoms with E-state index in [2.05, 4.69) is 15.2 Å². The zero-order valence-corrected chi connectivity index (χ0v) is 13.7. The summed E-state index contributed by atoms with van der Waals surface area (Å²) in [5.41, 5.74) is 0.0101. The summed E-state index contributed by atoms with van der Waals surface area (Å²) in [7, 11) is 0. The van der Waals surface area contributed by atoms with Gasteiger partial charge in [0.2, 0.25) is 17.5 Å². The number of halogens is 4. The Labute approximate surface area is 147 Å². The molecule has 0 radical (unpaired) electrons. The fourth-order valence-electron chi connectivity index (χ4n) is 2.77. The largest absolute Gasteiger partial charge is 0.371 e. The molecular formula is C17H16F4N4O.